The molecule has 5 nitrogen and oxygen atoms in total. The monoisotopic (exact) mass is 312 g/mol. The Bertz CT molecular complexity index is 501. The van der Waals surface area contributed by atoms with Gasteiger partial charge in [0.2, 0.25) is 0 Å². The number of hydrogen-bond donors (Lipinski definition) is 2. The van der Waals surface area contributed by atoms with Crippen molar-refractivity contribution in [2.45, 2.75) is 45.9 Å². The van der Waals surface area contributed by atoms with Gasteiger partial charge >= 0.3 is 6.09 Å². The van der Waals surface area contributed by atoms with E-state index in [1.54, 1.807) is 12.1 Å². The van der Waals surface area contributed by atoms with E-state index in [1.165, 1.54) is 13.2 Å². The minimum atomic E-state index is -0.513. The van der Waals surface area contributed by atoms with Crippen LogP contribution in [-0.4, -0.2) is 31.4 Å². The van der Waals surface area contributed by atoms with Gasteiger partial charge in [-0.2, -0.15) is 0 Å². The third-order valence-corrected chi connectivity index (χ3v) is 2.82. The molecule has 0 fully saturated rings. The number of carbonyl (C=O) groups excluding carboxylic acids is 1. The Morgan fingerprint density at radius 1 is 1.36 bits per heavy atom. The molecule has 0 spiro atoms. The van der Waals surface area contributed by atoms with Gasteiger partial charge in [-0.05, 0) is 45.4 Å². The molecule has 2 N–H and O–H groups in total. The van der Waals surface area contributed by atoms with Crippen molar-refractivity contribution < 1.29 is 18.7 Å². The number of amides is 1. The van der Waals surface area contributed by atoms with E-state index in [0.29, 0.717) is 13.1 Å². The van der Waals surface area contributed by atoms with Gasteiger partial charge in [-0.15, -0.1) is 0 Å². The van der Waals surface area contributed by atoms with Crippen molar-refractivity contribution in [1.82, 2.24) is 10.6 Å². The molecule has 1 amide bonds. The molecule has 22 heavy (non-hydrogen) atoms. The number of ether oxygens (including phenoxy) is 2. The van der Waals surface area contributed by atoms with Gasteiger partial charge in [-0.3, -0.25) is 0 Å². The molecule has 1 unspecified atom stereocenters. The Morgan fingerprint density at radius 3 is 2.59 bits per heavy atom. The highest BCUT2D eigenvalue weighted by molar-refractivity contribution is 5.67. The maximum Gasteiger partial charge on any atom is 0.407 e. The molecule has 0 aliphatic carbocycles. The number of halogens is 1. The lowest BCUT2D eigenvalue weighted by Crippen LogP contribution is -2.41. The maximum atomic E-state index is 13.6. The van der Waals surface area contributed by atoms with E-state index in [1.807, 2.05) is 27.7 Å². The number of alkyl carbamates (subject to hydrolysis) is 1. The van der Waals surface area contributed by atoms with Crippen LogP contribution in [0.15, 0.2) is 18.2 Å². The second kappa shape index (κ2) is 7.98. The van der Waals surface area contributed by atoms with Crippen LogP contribution in [0.5, 0.6) is 5.75 Å². The predicted octanol–water partition coefficient (Wildman–Crippen LogP) is 2.84. The summed E-state index contributed by atoms with van der Waals surface area (Å²) in [7, 11) is 1.43. The summed E-state index contributed by atoms with van der Waals surface area (Å²) in [5, 5.41) is 5.89. The van der Waals surface area contributed by atoms with Crippen molar-refractivity contribution in [3.8, 4) is 5.75 Å². The van der Waals surface area contributed by atoms with Crippen LogP contribution in [0.1, 0.15) is 33.3 Å². The molecular formula is C16H25FN2O3. The summed E-state index contributed by atoms with van der Waals surface area (Å²) in [6.07, 6.45) is -0.448. The smallest absolute Gasteiger partial charge is 0.407 e. The van der Waals surface area contributed by atoms with Gasteiger partial charge in [0.15, 0.2) is 11.6 Å². The number of carbonyl (C=O) groups is 1. The van der Waals surface area contributed by atoms with Crippen molar-refractivity contribution >= 4 is 6.09 Å². The van der Waals surface area contributed by atoms with Gasteiger partial charge in [0.05, 0.1) is 7.11 Å². The van der Waals surface area contributed by atoms with E-state index in [2.05, 4.69) is 10.6 Å². The van der Waals surface area contributed by atoms with Gasteiger partial charge in [0.1, 0.15) is 5.60 Å². The number of rotatable bonds is 6. The van der Waals surface area contributed by atoms with Crippen LogP contribution in [0.3, 0.4) is 0 Å². The minimum Gasteiger partial charge on any atom is -0.494 e. The summed E-state index contributed by atoms with van der Waals surface area (Å²) >= 11 is 0. The van der Waals surface area contributed by atoms with Crippen molar-refractivity contribution in [2.24, 2.45) is 0 Å². The van der Waals surface area contributed by atoms with Crippen molar-refractivity contribution in [2.75, 3.05) is 13.7 Å². The van der Waals surface area contributed by atoms with Crippen molar-refractivity contribution in [3.05, 3.63) is 29.6 Å². The lowest BCUT2D eigenvalue weighted by atomic mass is 10.2. The Morgan fingerprint density at radius 2 is 2.05 bits per heavy atom. The zero-order valence-electron chi connectivity index (χ0n) is 13.8. The molecule has 1 atom stereocenters. The number of methoxy groups -OCH3 is 1. The maximum absolute atomic E-state index is 13.6. The average molecular weight is 312 g/mol. The molecule has 0 bridgehead atoms. The quantitative estimate of drug-likeness (QED) is 0.848. The van der Waals surface area contributed by atoms with Crippen LogP contribution in [0, 0.1) is 5.82 Å². The third kappa shape index (κ3) is 6.76. The van der Waals surface area contributed by atoms with E-state index >= 15 is 0 Å². The first-order chi connectivity index (χ1) is 10.2. The van der Waals surface area contributed by atoms with Crippen molar-refractivity contribution in [1.29, 1.82) is 0 Å². The second-order valence-electron chi connectivity index (χ2n) is 6.13. The highest BCUT2D eigenvalue weighted by Crippen LogP contribution is 2.17. The summed E-state index contributed by atoms with van der Waals surface area (Å²) in [4.78, 5) is 11.5. The zero-order valence-corrected chi connectivity index (χ0v) is 13.8. The van der Waals surface area contributed by atoms with E-state index < -0.39 is 11.7 Å². The van der Waals surface area contributed by atoms with E-state index in [4.69, 9.17) is 9.47 Å². The van der Waals surface area contributed by atoms with Crippen LogP contribution >= 0.6 is 0 Å². The minimum absolute atomic E-state index is 0.0256. The van der Waals surface area contributed by atoms with Gasteiger partial charge < -0.3 is 20.1 Å². The molecule has 0 heterocycles. The largest absolute Gasteiger partial charge is 0.494 e. The van der Waals surface area contributed by atoms with Crippen molar-refractivity contribution in [3.63, 3.8) is 0 Å². The molecule has 124 valence electrons. The Labute approximate surface area is 131 Å². The third-order valence-electron chi connectivity index (χ3n) is 2.82. The molecule has 1 rings (SSSR count). The molecule has 0 aliphatic heterocycles. The van der Waals surface area contributed by atoms with E-state index in [9.17, 15) is 9.18 Å². The van der Waals surface area contributed by atoms with Gasteiger partial charge in [0.25, 0.3) is 0 Å². The predicted molar refractivity (Wildman–Crippen MR) is 83.5 cm³/mol. The SMILES string of the molecule is COc1ccc(CNC(C)CNC(=O)OC(C)(C)C)cc1F. The lowest BCUT2D eigenvalue weighted by Gasteiger charge is -2.21. The Kier molecular flexibility index (Phi) is 6.61. The first-order valence-corrected chi connectivity index (χ1v) is 7.24. The molecule has 0 radical (unpaired) electrons. The molecule has 0 aromatic heterocycles. The lowest BCUT2D eigenvalue weighted by molar-refractivity contribution is 0.0523. The molecule has 1 aromatic carbocycles. The second-order valence-corrected chi connectivity index (χ2v) is 6.13. The van der Waals surface area contributed by atoms with Crippen LogP contribution in [0.2, 0.25) is 0 Å². The molecule has 0 aliphatic rings. The van der Waals surface area contributed by atoms with Gasteiger partial charge in [0, 0.05) is 19.1 Å². The zero-order chi connectivity index (χ0) is 16.8. The van der Waals surface area contributed by atoms with Crippen LogP contribution < -0.4 is 15.4 Å². The molecular weight excluding hydrogens is 287 g/mol. The van der Waals surface area contributed by atoms with Crippen LogP contribution in [-0.2, 0) is 11.3 Å². The van der Waals surface area contributed by atoms with Crippen LogP contribution in [0.4, 0.5) is 9.18 Å². The fourth-order valence-corrected chi connectivity index (χ4v) is 1.73. The number of hydrogen-bond acceptors (Lipinski definition) is 4. The summed E-state index contributed by atoms with van der Waals surface area (Å²) < 4.78 is 23.6. The van der Waals surface area contributed by atoms with Gasteiger partial charge in [-0.25, -0.2) is 9.18 Å². The van der Waals surface area contributed by atoms with E-state index in [-0.39, 0.29) is 17.6 Å². The molecule has 0 saturated carbocycles. The fourth-order valence-electron chi connectivity index (χ4n) is 1.73. The van der Waals surface area contributed by atoms with Gasteiger partial charge in [-0.1, -0.05) is 6.07 Å². The molecule has 1 aromatic rings. The summed E-state index contributed by atoms with van der Waals surface area (Å²) in [6.45, 7) is 8.29. The number of nitrogens with one attached hydrogen (secondary N) is 2. The first-order valence-electron chi connectivity index (χ1n) is 7.24. The first kappa shape index (κ1) is 18.2. The van der Waals surface area contributed by atoms with E-state index in [0.717, 1.165) is 5.56 Å². The Hall–Kier alpha value is -1.82. The highest BCUT2D eigenvalue weighted by atomic mass is 19.1. The Balaban J connectivity index is 2.35. The number of benzene rings is 1. The molecule has 6 heteroatoms. The summed E-state index contributed by atoms with van der Waals surface area (Å²) in [5.41, 5.74) is 0.295. The fraction of sp³-hybridized carbons (Fsp3) is 0.562. The molecule has 0 saturated heterocycles. The highest BCUT2D eigenvalue weighted by Gasteiger charge is 2.16. The normalized spacial score (nSPS) is 12.6. The summed E-state index contributed by atoms with van der Waals surface area (Å²) in [6, 6.07) is 4.84. The standard InChI is InChI=1S/C16H25FN2O3/c1-11(9-19-15(20)22-16(2,3)4)18-10-12-6-7-14(21-5)13(17)8-12/h6-8,11,18H,9-10H2,1-5H3,(H,19,20). The van der Waals surface area contributed by atoms with Crippen LogP contribution in [0.25, 0.3) is 0 Å². The topological polar surface area (TPSA) is 59.6 Å². The summed E-state index contributed by atoms with van der Waals surface area (Å²) in [5.74, 6) is -0.162. The average Bonchev–Trinajstić information content (AvgIpc) is 2.41.